The van der Waals surface area contributed by atoms with Gasteiger partial charge in [0.25, 0.3) is 0 Å². The molecule has 0 aliphatic heterocycles. The lowest BCUT2D eigenvalue weighted by Crippen LogP contribution is -2.30. The molecule has 0 bridgehead atoms. The normalized spacial score (nSPS) is 11.6. The van der Waals surface area contributed by atoms with Crippen LogP contribution in [-0.2, 0) is 0 Å². The van der Waals surface area contributed by atoms with Gasteiger partial charge in [-0.15, -0.1) is 0 Å². The van der Waals surface area contributed by atoms with E-state index in [1.165, 1.54) is 45.4 Å². The van der Waals surface area contributed by atoms with E-state index in [0.717, 1.165) is 13.1 Å². The lowest BCUT2D eigenvalue weighted by Gasteiger charge is -2.21. The molecule has 0 aliphatic rings. The van der Waals surface area contributed by atoms with Crippen molar-refractivity contribution < 1.29 is 0 Å². The van der Waals surface area contributed by atoms with Crippen LogP contribution in [0.15, 0.2) is 0 Å². The van der Waals surface area contributed by atoms with Crippen molar-refractivity contribution in [2.45, 2.75) is 33.1 Å². The van der Waals surface area contributed by atoms with Crippen LogP contribution in [0.2, 0.25) is 0 Å². The van der Waals surface area contributed by atoms with Crippen LogP contribution in [0.4, 0.5) is 0 Å². The van der Waals surface area contributed by atoms with Gasteiger partial charge in [0, 0.05) is 0 Å². The first-order chi connectivity index (χ1) is 7.70. The van der Waals surface area contributed by atoms with Crippen LogP contribution in [0.5, 0.6) is 0 Å². The summed E-state index contributed by atoms with van der Waals surface area (Å²) in [4.78, 5) is 4.81. The fraction of sp³-hybridized carbons (Fsp3) is 1.00. The molecule has 0 aromatic rings. The fourth-order valence-corrected chi connectivity index (χ4v) is 1.77. The van der Waals surface area contributed by atoms with Crippen LogP contribution in [0, 0.1) is 0 Å². The summed E-state index contributed by atoms with van der Waals surface area (Å²) in [5.74, 6) is 0. The van der Waals surface area contributed by atoms with E-state index in [1.807, 2.05) is 0 Å². The van der Waals surface area contributed by atoms with E-state index >= 15 is 0 Å². The van der Waals surface area contributed by atoms with Gasteiger partial charge in [-0.2, -0.15) is 0 Å². The van der Waals surface area contributed by atoms with Crippen LogP contribution < -0.4 is 5.32 Å². The highest BCUT2D eigenvalue weighted by Gasteiger charge is 2.01. The van der Waals surface area contributed by atoms with Crippen LogP contribution in [-0.4, -0.2) is 63.2 Å². The summed E-state index contributed by atoms with van der Waals surface area (Å²) in [6.07, 6.45) is 3.79. The van der Waals surface area contributed by atoms with E-state index in [-0.39, 0.29) is 0 Å². The van der Waals surface area contributed by atoms with E-state index in [9.17, 15) is 0 Å². The van der Waals surface area contributed by atoms with Gasteiger partial charge in [0.1, 0.15) is 0 Å². The zero-order chi connectivity index (χ0) is 12.2. The predicted octanol–water partition coefficient (Wildman–Crippen LogP) is 1.65. The maximum Gasteiger partial charge on any atom is -0.000666 e. The molecule has 1 N–H and O–H groups in total. The molecule has 0 radical (unpaired) electrons. The van der Waals surface area contributed by atoms with Gasteiger partial charge in [-0.1, -0.05) is 13.8 Å². The monoisotopic (exact) mass is 229 g/mol. The second kappa shape index (κ2) is 11.4. The van der Waals surface area contributed by atoms with Crippen molar-refractivity contribution in [3.05, 3.63) is 0 Å². The average Bonchev–Trinajstić information content (AvgIpc) is 2.26. The zero-order valence-electron chi connectivity index (χ0n) is 11.8. The molecule has 0 unspecified atom stereocenters. The van der Waals surface area contributed by atoms with Crippen molar-refractivity contribution in [2.24, 2.45) is 0 Å². The third-order valence-electron chi connectivity index (χ3n) is 2.78. The Balaban J connectivity index is 3.36. The molecule has 0 rings (SSSR count). The summed E-state index contributed by atoms with van der Waals surface area (Å²) >= 11 is 0. The number of hydrogen-bond donors (Lipinski definition) is 1. The molecule has 3 heteroatoms. The second-order valence-electron chi connectivity index (χ2n) is 4.69. The van der Waals surface area contributed by atoms with Crippen LogP contribution in [0.25, 0.3) is 0 Å². The van der Waals surface area contributed by atoms with E-state index in [0.29, 0.717) is 0 Å². The highest BCUT2D eigenvalue weighted by Crippen LogP contribution is 1.94. The van der Waals surface area contributed by atoms with E-state index < -0.39 is 0 Å². The van der Waals surface area contributed by atoms with Crippen molar-refractivity contribution in [1.82, 2.24) is 15.1 Å². The Morgan fingerprint density at radius 2 is 1.56 bits per heavy atom. The maximum absolute atomic E-state index is 3.45. The molecule has 0 saturated heterocycles. The Morgan fingerprint density at radius 1 is 0.875 bits per heavy atom. The second-order valence-corrected chi connectivity index (χ2v) is 4.69. The molecule has 0 amide bonds. The van der Waals surface area contributed by atoms with Crippen LogP contribution in [0.3, 0.4) is 0 Å². The first kappa shape index (κ1) is 15.9. The molecular formula is C13H31N3. The van der Waals surface area contributed by atoms with Gasteiger partial charge in [0.15, 0.2) is 0 Å². The topological polar surface area (TPSA) is 18.5 Å². The van der Waals surface area contributed by atoms with Gasteiger partial charge < -0.3 is 15.1 Å². The van der Waals surface area contributed by atoms with Crippen molar-refractivity contribution in [1.29, 1.82) is 0 Å². The molecule has 3 nitrogen and oxygen atoms in total. The summed E-state index contributed by atoms with van der Waals surface area (Å²) < 4.78 is 0. The van der Waals surface area contributed by atoms with Crippen LogP contribution in [0.1, 0.15) is 33.1 Å². The van der Waals surface area contributed by atoms with E-state index in [4.69, 9.17) is 0 Å². The third kappa shape index (κ3) is 10.4. The highest BCUT2D eigenvalue weighted by molar-refractivity contribution is 4.58. The molecule has 0 heterocycles. The molecule has 16 heavy (non-hydrogen) atoms. The van der Waals surface area contributed by atoms with Crippen molar-refractivity contribution in [2.75, 3.05) is 53.4 Å². The Hall–Kier alpha value is -0.120. The minimum atomic E-state index is 1.16. The summed E-state index contributed by atoms with van der Waals surface area (Å²) in [7, 11) is 4.29. The predicted molar refractivity (Wildman–Crippen MR) is 73.1 cm³/mol. The molecular weight excluding hydrogens is 198 g/mol. The molecule has 0 spiro atoms. The molecule has 0 aromatic heterocycles. The average molecular weight is 229 g/mol. The van der Waals surface area contributed by atoms with Crippen molar-refractivity contribution in [3.8, 4) is 0 Å². The molecule has 0 fully saturated rings. The fourth-order valence-electron chi connectivity index (χ4n) is 1.77. The number of hydrogen-bond acceptors (Lipinski definition) is 3. The standard InChI is InChI=1S/C13H31N3/c1-5-9-14-10-7-12-16(6-2)13-8-11-15(3)4/h14H,5-13H2,1-4H3. The molecule has 0 aliphatic carbocycles. The Kier molecular flexibility index (Phi) is 11.3. The smallest absolute Gasteiger partial charge is 0.000666 e. The Labute approximate surface area is 102 Å². The first-order valence-corrected chi connectivity index (χ1v) is 6.78. The largest absolute Gasteiger partial charge is 0.317 e. The zero-order valence-corrected chi connectivity index (χ0v) is 11.8. The molecule has 98 valence electrons. The SMILES string of the molecule is CCCNCCCN(CC)CCCN(C)C. The summed E-state index contributed by atoms with van der Waals surface area (Å²) in [5, 5.41) is 3.45. The molecule has 0 atom stereocenters. The van der Waals surface area contributed by atoms with Crippen molar-refractivity contribution >= 4 is 0 Å². The molecule has 0 aromatic carbocycles. The summed E-state index contributed by atoms with van der Waals surface area (Å²) in [5.41, 5.74) is 0. The lowest BCUT2D eigenvalue weighted by atomic mass is 10.3. The Morgan fingerprint density at radius 3 is 2.12 bits per heavy atom. The number of rotatable bonds is 11. The maximum atomic E-state index is 3.45. The van der Waals surface area contributed by atoms with Gasteiger partial charge in [0.05, 0.1) is 0 Å². The third-order valence-corrected chi connectivity index (χ3v) is 2.78. The number of nitrogens with zero attached hydrogens (tertiary/aromatic N) is 2. The van der Waals surface area contributed by atoms with Gasteiger partial charge in [-0.3, -0.25) is 0 Å². The first-order valence-electron chi connectivity index (χ1n) is 6.78. The van der Waals surface area contributed by atoms with E-state index in [2.05, 4.69) is 43.1 Å². The molecule has 0 saturated carbocycles. The summed E-state index contributed by atoms with van der Waals surface area (Å²) in [6.45, 7) is 11.7. The lowest BCUT2D eigenvalue weighted by molar-refractivity contribution is 0.262. The quantitative estimate of drug-likeness (QED) is 0.544. The minimum absolute atomic E-state index is 1.16. The van der Waals surface area contributed by atoms with Crippen molar-refractivity contribution in [3.63, 3.8) is 0 Å². The van der Waals surface area contributed by atoms with Gasteiger partial charge in [-0.25, -0.2) is 0 Å². The van der Waals surface area contributed by atoms with Gasteiger partial charge in [0.2, 0.25) is 0 Å². The van der Waals surface area contributed by atoms with E-state index in [1.54, 1.807) is 0 Å². The highest BCUT2D eigenvalue weighted by atomic mass is 15.1. The van der Waals surface area contributed by atoms with Gasteiger partial charge in [-0.05, 0) is 72.6 Å². The minimum Gasteiger partial charge on any atom is -0.317 e. The van der Waals surface area contributed by atoms with Gasteiger partial charge >= 0.3 is 0 Å². The number of nitrogens with one attached hydrogen (secondary N) is 1. The Bertz CT molecular complexity index is 137. The van der Waals surface area contributed by atoms with Crippen LogP contribution >= 0.6 is 0 Å². The summed E-state index contributed by atoms with van der Waals surface area (Å²) in [6, 6.07) is 0.